The summed E-state index contributed by atoms with van der Waals surface area (Å²) in [5.41, 5.74) is -1.07. The van der Waals surface area contributed by atoms with Crippen LogP contribution in [0.1, 0.15) is 20.8 Å². The topological polar surface area (TPSA) is 86.7 Å². The van der Waals surface area contributed by atoms with Gasteiger partial charge in [0.2, 0.25) is 15.9 Å². The fourth-order valence-electron chi connectivity index (χ4n) is 1.79. The average Bonchev–Trinajstić information content (AvgIpc) is 2.25. The molecule has 1 aromatic carbocycles. The first kappa shape index (κ1) is 17.5. The van der Waals surface area contributed by atoms with Gasteiger partial charge in [0.15, 0.2) is 0 Å². The van der Waals surface area contributed by atoms with Crippen LogP contribution < -0.4 is 5.32 Å². The van der Waals surface area contributed by atoms with Crippen LogP contribution in [-0.4, -0.2) is 42.9 Å². The lowest BCUT2D eigenvalue weighted by Crippen LogP contribution is -2.39. The molecule has 6 nitrogen and oxygen atoms in total. The smallest absolute Gasteiger partial charge is 0.245 e. The molecule has 0 saturated heterocycles. The molecular formula is C13H19FN2O4S. The third kappa shape index (κ3) is 4.76. The fraction of sp³-hybridized carbons (Fsp3) is 0.462. The second kappa shape index (κ2) is 6.08. The SMILES string of the molecule is CC(=O)Nc1ccc(S(=O)(=O)N(C)CC(C)(C)O)c(F)c1. The van der Waals surface area contributed by atoms with Crippen LogP contribution >= 0.6 is 0 Å². The average molecular weight is 318 g/mol. The van der Waals surface area contributed by atoms with Crippen molar-refractivity contribution in [2.45, 2.75) is 31.3 Å². The van der Waals surface area contributed by atoms with Crippen LogP contribution in [0.2, 0.25) is 0 Å². The van der Waals surface area contributed by atoms with Crippen molar-refractivity contribution >= 4 is 21.6 Å². The van der Waals surface area contributed by atoms with Gasteiger partial charge in [-0.1, -0.05) is 0 Å². The number of halogens is 1. The summed E-state index contributed by atoms with van der Waals surface area (Å²) in [5.74, 6) is -1.35. The molecule has 0 fully saturated rings. The van der Waals surface area contributed by atoms with Gasteiger partial charge in [0.25, 0.3) is 0 Å². The van der Waals surface area contributed by atoms with E-state index in [-0.39, 0.29) is 18.1 Å². The molecule has 0 unspecified atom stereocenters. The number of hydrogen-bond donors (Lipinski definition) is 2. The van der Waals surface area contributed by atoms with Crippen LogP contribution in [0, 0.1) is 5.82 Å². The van der Waals surface area contributed by atoms with E-state index in [4.69, 9.17) is 0 Å². The summed E-state index contributed by atoms with van der Waals surface area (Å²) in [6, 6.07) is 3.32. The molecule has 21 heavy (non-hydrogen) atoms. The van der Waals surface area contributed by atoms with Crippen LogP contribution in [-0.2, 0) is 14.8 Å². The normalized spacial score (nSPS) is 12.5. The first-order valence-electron chi connectivity index (χ1n) is 6.19. The number of carbonyl (C=O) groups is 1. The lowest BCUT2D eigenvalue weighted by molar-refractivity contribution is -0.114. The quantitative estimate of drug-likeness (QED) is 0.853. The van der Waals surface area contributed by atoms with Crippen molar-refractivity contribution in [3.63, 3.8) is 0 Å². The molecule has 1 rings (SSSR count). The van der Waals surface area contributed by atoms with Gasteiger partial charge in [-0.15, -0.1) is 0 Å². The van der Waals surface area contributed by atoms with E-state index in [0.29, 0.717) is 0 Å². The molecule has 8 heteroatoms. The number of aliphatic hydroxyl groups is 1. The third-order valence-electron chi connectivity index (χ3n) is 2.55. The highest BCUT2D eigenvalue weighted by Gasteiger charge is 2.28. The molecule has 0 aromatic heterocycles. The molecule has 0 heterocycles. The van der Waals surface area contributed by atoms with Gasteiger partial charge in [0.05, 0.1) is 5.60 Å². The van der Waals surface area contributed by atoms with E-state index >= 15 is 0 Å². The number of sulfonamides is 1. The fourth-order valence-corrected chi connectivity index (χ4v) is 3.16. The zero-order valence-electron chi connectivity index (χ0n) is 12.3. The van der Waals surface area contributed by atoms with Gasteiger partial charge < -0.3 is 10.4 Å². The Balaban J connectivity index is 3.12. The first-order valence-corrected chi connectivity index (χ1v) is 7.63. The molecule has 0 aliphatic carbocycles. The number of nitrogens with zero attached hydrogens (tertiary/aromatic N) is 1. The Morgan fingerprint density at radius 3 is 2.43 bits per heavy atom. The van der Waals surface area contributed by atoms with Crippen molar-refractivity contribution in [1.29, 1.82) is 0 Å². The minimum Gasteiger partial charge on any atom is -0.389 e. The standard InChI is InChI=1S/C13H19FN2O4S/c1-9(17)15-10-5-6-12(11(14)7-10)21(19,20)16(4)8-13(2,3)18/h5-7,18H,8H2,1-4H3,(H,15,17). The molecule has 0 bridgehead atoms. The molecule has 118 valence electrons. The van der Waals surface area contributed by atoms with Crippen LogP contribution in [0.25, 0.3) is 0 Å². The van der Waals surface area contributed by atoms with E-state index in [1.807, 2.05) is 0 Å². The number of likely N-dealkylation sites (N-methyl/N-ethyl adjacent to an activating group) is 1. The van der Waals surface area contributed by atoms with Gasteiger partial charge in [-0.3, -0.25) is 4.79 Å². The second-order valence-electron chi connectivity index (χ2n) is 5.40. The molecular weight excluding hydrogens is 299 g/mol. The summed E-state index contributed by atoms with van der Waals surface area (Å²) < 4.78 is 39.4. The number of rotatable bonds is 5. The van der Waals surface area contributed by atoms with Crippen molar-refractivity contribution in [2.24, 2.45) is 0 Å². The van der Waals surface area contributed by atoms with Crippen molar-refractivity contribution in [2.75, 3.05) is 18.9 Å². The maximum atomic E-state index is 14.0. The predicted octanol–water partition coefficient (Wildman–Crippen LogP) is 1.18. The molecule has 1 aromatic rings. The molecule has 2 N–H and O–H groups in total. The monoisotopic (exact) mass is 318 g/mol. The minimum absolute atomic E-state index is 0.170. The summed E-state index contributed by atoms with van der Waals surface area (Å²) in [5, 5.41) is 12.0. The predicted molar refractivity (Wildman–Crippen MR) is 76.8 cm³/mol. The summed E-state index contributed by atoms with van der Waals surface area (Å²) in [6.07, 6.45) is 0. The molecule has 0 atom stereocenters. The molecule has 1 amide bonds. The highest BCUT2D eigenvalue weighted by Crippen LogP contribution is 2.22. The second-order valence-corrected chi connectivity index (χ2v) is 7.41. The Morgan fingerprint density at radius 1 is 1.43 bits per heavy atom. The molecule has 0 spiro atoms. The van der Waals surface area contributed by atoms with E-state index in [9.17, 15) is 22.7 Å². The molecule has 0 aliphatic rings. The highest BCUT2D eigenvalue weighted by atomic mass is 32.2. The van der Waals surface area contributed by atoms with E-state index in [1.165, 1.54) is 33.9 Å². The minimum atomic E-state index is -4.06. The number of anilines is 1. The summed E-state index contributed by atoms with van der Waals surface area (Å²) >= 11 is 0. The Kier molecular flexibility index (Phi) is 5.08. The van der Waals surface area contributed by atoms with E-state index in [1.54, 1.807) is 0 Å². The molecule has 0 saturated carbocycles. The van der Waals surface area contributed by atoms with Crippen molar-refractivity contribution in [1.82, 2.24) is 4.31 Å². The summed E-state index contributed by atoms with van der Waals surface area (Å²) in [7, 11) is -2.80. The Hall–Kier alpha value is -1.51. The van der Waals surface area contributed by atoms with Gasteiger partial charge >= 0.3 is 0 Å². The third-order valence-corrected chi connectivity index (χ3v) is 4.39. The molecule has 0 radical (unpaired) electrons. The van der Waals surface area contributed by atoms with Gasteiger partial charge in [0.1, 0.15) is 10.7 Å². The molecule has 0 aliphatic heterocycles. The van der Waals surface area contributed by atoms with Gasteiger partial charge in [0, 0.05) is 26.2 Å². The maximum Gasteiger partial charge on any atom is 0.245 e. The number of amides is 1. The Morgan fingerprint density at radius 2 is 2.00 bits per heavy atom. The number of carbonyl (C=O) groups excluding carboxylic acids is 1. The number of benzene rings is 1. The van der Waals surface area contributed by atoms with Crippen LogP contribution in [0.15, 0.2) is 23.1 Å². The Bertz CT molecular complexity index is 638. The lowest BCUT2D eigenvalue weighted by atomic mass is 10.1. The van der Waals surface area contributed by atoms with Gasteiger partial charge in [-0.25, -0.2) is 12.8 Å². The van der Waals surface area contributed by atoms with Crippen LogP contribution in [0.4, 0.5) is 10.1 Å². The van der Waals surface area contributed by atoms with Gasteiger partial charge in [-0.2, -0.15) is 4.31 Å². The van der Waals surface area contributed by atoms with Crippen molar-refractivity contribution in [3.05, 3.63) is 24.0 Å². The van der Waals surface area contributed by atoms with E-state index < -0.39 is 26.3 Å². The largest absolute Gasteiger partial charge is 0.389 e. The van der Waals surface area contributed by atoms with E-state index in [2.05, 4.69) is 5.32 Å². The van der Waals surface area contributed by atoms with Crippen molar-refractivity contribution < 1.29 is 22.7 Å². The van der Waals surface area contributed by atoms with Crippen LogP contribution in [0.5, 0.6) is 0 Å². The lowest BCUT2D eigenvalue weighted by Gasteiger charge is -2.25. The zero-order chi connectivity index (χ0) is 16.4. The van der Waals surface area contributed by atoms with E-state index in [0.717, 1.165) is 16.4 Å². The number of hydrogen-bond acceptors (Lipinski definition) is 4. The zero-order valence-corrected chi connectivity index (χ0v) is 13.2. The van der Waals surface area contributed by atoms with Gasteiger partial charge in [-0.05, 0) is 32.0 Å². The van der Waals surface area contributed by atoms with Crippen molar-refractivity contribution in [3.8, 4) is 0 Å². The number of nitrogens with one attached hydrogen (secondary N) is 1. The maximum absolute atomic E-state index is 14.0. The summed E-state index contributed by atoms with van der Waals surface area (Å²) in [6.45, 7) is 3.99. The highest BCUT2D eigenvalue weighted by molar-refractivity contribution is 7.89. The van der Waals surface area contributed by atoms with Crippen LogP contribution in [0.3, 0.4) is 0 Å². The first-order chi connectivity index (χ1) is 9.43. The summed E-state index contributed by atoms with van der Waals surface area (Å²) in [4.78, 5) is 10.4. The Labute approximate surface area is 123 Å².